The van der Waals surface area contributed by atoms with E-state index in [4.69, 9.17) is 14.9 Å². The van der Waals surface area contributed by atoms with Crippen molar-refractivity contribution >= 4 is 5.97 Å². The van der Waals surface area contributed by atoms with Gasteiger partial charge in [-0.25, -0.2) is 0 Å². The van der Waals surface area contributed by atoms with E-state index in [0.29, 0.717) is 6.42 Å². The van der Waals surface area contributed by atoms with E-state index in [1.54, 1.807) is 0 Å². The number of unbranched alkanes of at least 4 members (excludes halogenated alkanes) is 8. The average Bonchev–Trinajstić information content (AvgIpc) is 2.64. The predicted molar refractivity (Wildman–Crippen MR) is 105 cm³/mol. The molecule has 0 aromatic rings. The highest BCUT2D eigenvalue weighted by molar-refractivity contribution is 5.69. The van der Waals surface area contributed by atoms with Crippen LogP contribution in [-0.2, 0) is 9.53 Å². The van der Waals surface area contributed by atoms with Gasteiger partial charge in [-0.05, 0) is 32.1 Å². The first-order valence-electron chi connectivity index (χ1n) is 10.4. The third-order valence-corrected chi connectivity index (χ3v) is 4.36. The summed E-state index contributed by atoms with van der Waals surface area (Å²) in [5.41, 5.74) is 0. The van der Waals surface area contributed by atoms with Crippen LogP contribution in [0.3, 0.4) is 0 Å². The summed E-state index contributed by atoms with van der Waals surface area (Å²) in [4.78, 5) is 11.4. The number of allylic oxidation sites excluding steroid dienone is 1. The molecule has 0 aromatic carbocycles. The Kier molecular flexibility index (Phi) is 18.2. The summed E-state index contributed by atoms with van der Waals surface area (Å²) in [6, 6.07) is 0. The SMILES string of the molecule is CCCCCCC(O)C/C=C\CCCCCCCC(=O)OCC(O)CO. The molecule has 0 aliphatic rings. The topological polar surface area (TPSA) is 87.0 Å². The van der Waals surface area contributed by atoms with E-state index in [9.17, 15) is 9.90 Å². The van der Waals surface area contributed by atoms with Crippen LogP contribution in [0.15, 0.2) is 12.2 Å². The normalized spacial score (nSPS) is 13.8. The molecule has 0 aromatic heterocycles. The number of esters is 1. The van der Waals surface area contributed by atoms with Gasteiger partial charge in [-0.2, -0.15) is 0 Å². The molecule has 154 valence electrons. The fourth-order valence-corrected chi connectivity index (χ4v) is 2.67. The van der Waals surface area contributed by atoms with Gasteiger partial charge in [-0.1, -0.05) is 64.0 Å². The van der Waals surface area contributed by atoms with E-state index >= 15 is 0 Å². The molecule has 0 saturated heterocycles. The molecule has 0 fully saturated rings. The third-order valence-electron chi connectivity index (χ3n) is 4.36. The van der Waals surface area contributed by atoms with Crippen LogP contribution in [0.25, 0.3) is 0 Å². The molecule has 0 spiro atoms. The Bertz CT molecular complexity index is 343. The van der Waals surface area contributed by atoms with Gasteiger partial charge in [0.25, 0.3) is 0 Å². The predicted octanol–water partition coefficient (Wildman–Crippen LogP) is 3.89. The zero-order valence-corrected chi connectivity index (χ0v) is 16.6. The minimum absolute atomic E-state index is 0.130. The highest BCUT2D eigenvalue weighted by Crippen LogP contribution is 2.10. The number of aliphatic hydroxyl groups excluding tert-OH is 3. The Morgan fingerprint density at radius 2 is 1.62 bits per heavy atom. The van der Waals surface area contributed by atoms with Crippen molar-refractivity contribution in [3.63, 3.8) is 0 Å². The summed E-state index contributed by atoms with van der Waals surface area (Å²) in [5.74, 6) is -0.311. The summed E-state index contributed by atoms with van der Waals surface area (Å²) in [7, 11) is 0. The van der Waals surface area contributed by atoms with Crippen molar-refractivity contribution in [1.29, 1.82) is 0 Å². The Labute approximate surface area is 159 Å². The molecule has 0 rings (SSSR count). The molecular weight excluding hydrogens is 332 g/mol. The number of carbonyl (C=O) groups is 1. The lowest BCUT2D eigenvalue weighted by molar-refractivity contribution is -0.147. The van der Waals surface area contributed by atoms with Gasteiger partial charge in [0.1, 0.15) is 12.7 Å². The van der Waals surface area contributed by atoms with Crippen molar-refractivity contribution < 1.29 is 24.9 Å². The van der Waals surface area contributed by atoms with Crippen LogP contribution >= 0.6 is 0 Å². The second kappa shape index (κ2) is 18.9. The molecule has 3 N–H and O–H groups in total. The number of hydrogen-bond donors (Lipinski definition) is 3. The maximum Gasteiger partial charge on any atom is 0.305 e. The van der Waals surface area contributed by atoms with Crippen molar-refractivity contribution in [2.45, 2.75) is 103 Å². The maximum atomic E-state index is 11.4. The first-order chi connectivity index (χ1) is 12.6. The number of ether oxygens (including phenoxy) is 1. The fourth-order valence-electron chi connectivity index (χ4n) is 2.67. The Morgan fingerprint density at radius 1 is 0.923 bits per heavy atom. The van der Waals surface area contributed by atoms with E-state index in [-0.39, 0.29) is 25.3 Å². The first-order valence-corrected chi connectivity index (χ1v) is 10.4. The van der Waals surface area contributed by atoms with Crippen molar-refractivity contribution in [3.05, 3.63) is 12.2 Å². The lowest BCUT2D eigenvalue weighted by Crippen LogP contribution is -2.21. The molecule has 0 bridgehead atoms. The summed E-state index contributed by atoms with van der Waals surface area (Å²) in [6.07, 6.45) is 16.2. The van der Waals surface area contributed by atoms with Crippen molar-refractivity contribution in [1.82, 2.24) is 0 Å². The van der Waals surface area contributed by atoms with Gasteiger partial charge >= 0.3 is 5.97 Å². The van der Waals surface area contributed by atoms with Gasteiger partial charge in [0.15, 0.2) is 0 Å². The lowest BCUT2D eigenvalue weighted by Gasteiger charge is -2.08. The Balaban J connectivity index is 3.36. The summed E-state index contributed by atoms with van der Waals surface area (Å²) in [5, 5.41) is 27.6. The minimum Gasteiger partial charge on any atom is -0.463 e. The Hall–Kier alpha value is -0.910. The zero-order valence-electron chi connectivity index (χ0n) is 16.6. The monoisotopic (exact) mass is 372 g/mol. The van der Waals surface area contributed by atoms with E-state index < -0.39 is 6.10 Å². The molecule has 26 heavy (non-hydrogen) atoms. The number of hydrogen-bond acceptors (Lipinski definition) is 5. The molecule has 5 heteroatoms. The molecule has 2 atom stereocenters. The molecule has 0 amide bonds. The molecule has 0 aliphatic heterocycles. The number of carbonyl (C=O) groups excluding carboxylic acids is 1. The molecular formula is C21H40O5. The molecule has 0 aliphatic carbocycles. The minimum atomic E-state index is -0.978. The second-order valence-electron chi connectivity index (χ2n) is 7.04. The summed E-state index contributed by atoms with van der Waals surface area (Å²) in [6.45, 7) is 1.68. The second-order valence-corrected chi connectivity index (χ2v) is 7.04. The van der Waals surface area contributed by atoms with Crippen LogP contribution < -0.4 is 0 Å². The van der Waals surface area contributed by atoms with Crippen molar-refractivity contribution in [3.8, 4) is 0 Å². The van der Waals surface area contributed by atoms with Gasteiger partial charge < -0.3 is 20.1 Å². The summed E-state index contributed by atoms with van der Waals surface area (Å²) >= 11 is 0. The largest absolute Gasteiger partial charge is 0.463 e. The van der Waals surface area contributed by atoms with Crippen LogP contribution in [0, 0.1) is 0 Å². The van der Waals surface area contributed by atoms with Crippen molar-refractivity contribution in [2.75, 3.05) is 13.2 Å². The molecule has 0 saturated carbocycles. The molecule has 5 nitrogen and oxygen atoms in total. The van der Waals surface area contributed by atoms with E-state index in [1.165, 1.54) is 19.3 Å². The van der Waals surface area contributed by atoms with E-state index in [1.807, 2.05) is 0 Å². The van der Waals surface area contributed by atoms with Crippen LogP contribution in [0.4, 0.5) is 0 Å². The first kappa shape index (κ1) is 25.1. The van der Waals surface area contributed by atoms with Crippen LogP contribution in [0.5, 0.6) is 0 Å². The van der Waals surface area contributed by atoms with Gasteiger partial charge in [-0.15, -0.1) is 0 Å². The number of aliphatic hydroxyl groups is 3. The molecule has 0 heterocycles. The molecule has 0 radical (unpaired) electrons. The summed E-state index contributed by atoms with van der Waals surface area (Å²) < 4.78 is 4.84. The standard InChI is InChI=1S/C21H40O5/c1-2-3-4-11-14-19(23)15-12-9-7-5-6-8-10-13-16-21(25)26-18-20(24)17-22/h9,12,19-20,22-24H,2-8,10-11,13-18H2,1H3/b12-9-. The lowest BCUT2D eigenvalue weighted by atomic mass is 10.1. The fraction of sp³-hybridized carbons (Fsp3) is 0.857. The maximum absolute atomic E-state index is 11.4. The van der Waals surface area contributed by atoms with Gasteiger partial charge in [-0.3, -0.25) is 4.79 Å². The average molecular weight is 373 g/mol. The number of rotatable bonds is 18. The third kappa shape index (κ3) is 17.9. The van der Waals surface area contributed by atoms with Crippen molar-refractivity contribution in [2.24, 2.45) is 0 Å². The van der Waals surface area contributed by atoms with Gasteiger partial charge in [0, 0.05) is 6.42 Å². The Morgan fingerprint density at radius 3 is 2.35 bits per heavy atom. The van der Waals surface area contributed by atoms with E-state index in [2.05, 4.69) is 19.1 Å². The van der Waals surface area contributed by atoms with Crippen LogP contribution in [0.1, 0.15) is 90.4 Å². The highest BCUT2D eigenvalue weighted by atomic mass is 16.5. The van der Waals surface area contributed by atoms with Gasteiger partial charge in [0.05, 0.1) is 12.7 Å². The zero-order chi connectivity index (χ0) is 19.5. The van der Waals surface area contributed by atoms with Crippen LogP contribution in [-0.4, -0.2) is 46.7 Å². The highest BCUT2D eigenvalue weighted by Gasteiger charge is 2.07. The quantitative estimate of drug-likeness (QED) is 0.193. The van der Waals surface area contributed by atoms with E-state index in [0.717, 1.165) is 57.8 Å². The smallest absolute Gasteiger partial charge is 0.305 e. The van der Waals surface area contributed by atoms with Crippen LogP contribution in [0.2, 0.25) is 0 Å². The molecule has 2 unspecified atom stereocenters. The van der Waals surface area contributed by atoms with Gasteiger partial charge in [0.2, 0.25) is 0 Å².